The van der Waals surface area contributed by atoms with E-state index in [1.807, 2.05) is 17.0 Å². The van der Waals surface area contributed by atoms with Crippen LogP contribution in [0.5, 0.6) is 0 Å². The maximum Gasteiger partial charge on any atom is 0.223 e. The van der Waals surface area contributed by atoms with E-state index in [0.29, 0.717) is 24.3 Å². The lowest BCUT2D eigenvalue weighted by atomic mass is 9.97. The molecule has 2 aliphatic rings. The van der Waals surface area contributed by atoms with E-state index in [1.54, 1.807) is 0 Å². The van der Waals surface area contributed by atoms with Gasteiger partial charge in [-0.15, -0.1) is 0 Å². The van der Waals surface area contributed by atoms with Crippen LogP contribution in [0.3, 0.4) is 0 Å². The van der Waals surface area contributed by atoms with Crippen LogP contribution in [0.25, 0.3) is 0 Å². The van der Waals surface area contributed by atoms with Gasteiger partial charge in [-0.2, -0.15) is 0 Å². The molecule has 1 aromatic rings. The van der Waals surface area contributed by atoms with Crippen molar-refractivity contribution in [3.05, 3.63) is 34.3 Å². The Morgan fingerprint density at radius 2 is 2.05 bits per heavy atom. The molecule has 1 amide bonds. The number of carbonyl (C=O) groups is 1. The standard InChI is InChI=1S/C17H23BrN2O/c1-11(12-2-5-14(18)6-3-12)8-17(21)20-9-13-4-7-16(19)15(13)10-20/h2-3,5-6,11,13,15-16H,4,7-10,19H2,1H3. The minimum atomic E-state index is 0.264. The Bertz CT molecular complexity index is 516. The van der Waals surface area contributed by atoms with E-state index < -0.39 is 0 Å². The molecule has 1 aliphatic heterocycles. The summed E-state index contributed by atoms with van der Waals surface area (Å²) in [6.45, 7) is 3.92. The van der Waals surface area contributed by atoms with Gasteiger partial charge in [-0.25, -0.2) is 0 Å². The van der Waals surface area contributed by atoms with Crippen LogP contribution in [0.15, 0.2) is 28.7 Å². The molecule has 2 fully saturated rings. The number of fused-ring (bicyclic) bond motifs is 1. The molecule has 0 radical (unpaired) electrons. The number of halogens is 1. The zero-order valence-corrected chi connectivity index (χ0v) is 14.1. The second kappa shape index (κ2) is 6.09. The highest BCUT2D eigenvalue weighted by molar-refractivity contribution is 9.10. The molecule has 114 valence electrons. The van der Waals surface area contributed by atoms with E-state index in [-0.39, 0.29) is 11.8 Å². The molecular formula is C17H23BrN2O. The molecule has 4 heteroatoms. The lowest BCUT2D eigenvalue weighted by Gasteiger charge is -2.21. The van der Waals surface area contributed by atoms with Gasteiger partial charge in [0.15, 0.2) is 0 Å². The molecule has 21 heavy (non-hydrogen) atoms. The third-order valence-corrected chi connectivity index (χ3v) is 5.71. The highest BCUT2D eigenvalue weighted by Gasteiger charge is 2.42. The number of nitrogens with zero attached hydrogens (tertiary/aromatic N) is 1. The molecule has 1 aromatic carbocycles. The first-order valence-corrected chi connectivity index (χ1v) is 8.62. The van der Waals surface area contributed by atoms with E-state index >= 15 is 0 Å². The fourth-order valence-electron chi connectivity index (χ4n) is 3.81. The Morgan fingerprint density at radius 1 is 1.33 bits per heavy atom. The van der Waals surface area contributed by atoms with Gasteiger partial charge in [-0.05, 0) is 48.3 Å². The number of hydrogen-bond acceptors (Lipinski definition) is 2. The highest BCUT2D eigenvalue weighted by atomic mass is 79.9. The SMILES string of the molecule is CC(CC(=O)N1CC2CCC(N)C2C1)c1ccc(Br)cc1. The van der Waals surface area contributed by atoms with Crippen molar-refractivity contribution in [1.29, 1.82) is 0 Å². The molecule has 4 unspecified atom stereocenters. The summed E-state index contributed by atoms with van der Waals surface area (Å²) < 4.78 is 1.08. The van der Waals surface area contributed by atoms with Gasteiger partial charge in [-0.3, -0.25) is 4.79 Å². The van der Waals surface area contributed by atoms with E-state index in [2.05, 4.69) is 35.0 Å². The Hall–Kier alpha value is -0.870. The van der Waals surface area contributed by atoms with Crippen LogP contribution in [-0.2, 0) is 4.79 Å². The minimum absolute atomic E-state index is 0.264. The van der Waals surface area contributed by atoms with E-state index in [4.69, 9.17) is 5.73 Å². The Morgan fingerprint density at radius 3 is 2.71 bits per heavy atom. The first-order chi connectivity index (χ1) is 10.0. The largest absolute Gasteiger partial charge is 0.342 e. The van der Waals surface area contributed by atoms with Crippen molar-refractivity contribution in [1.82, 2.24) is 4.90 Å². The van der Waals surface area contributed by atoms with Gasteiger partial charge in [0, 0.05) is 30.0 Å². The van der Waals surface area contributed by atoms with Crippen molar-refractivity contribution in [3.8, 4) is 0 Å². The highest BCUT2D eigenvalue weighted by Crippen LogP contribution is 2.37. The number of hydrogen-bond donors (Lipinski definition) is 1. The zero-order valence-electron chi connectivity index (χ0n) is 12.5. The van der Waals surface area contributed by atoms with Crippen LogP contribution in [-0.4, -0.2) is 29.9 Å². The van der Waals surface area contributed by atoms with Crippen molar-refractivity contribution < 1.29 is 4.79 Å². The number of carbonyl (C=O) groups excluding carboxylic acids is 1. The van der Waals surface area contributed by atoms with Gasteiger partial charge >= 0.3 is 0 Å². The fraction of sp³-hybridized carbons (Fsp3) is 0.588. The van der Waals surface area contributed by atoms with E-state index in [0.717, 1.165) is 24.0 Å². The lowest BCUT2D eigenvalue weighted by Crippen LogP contribution is -2.33. The molecule has 2 N–H and O–H groups in total. The van der Waals surface area contributed by atoms with Gasteiger partial charge in [0.25, 0.3) is 0 Å². The first-order valence-electron chi connectivity index (χ1n) is 7.83. The van der Waals surface area contributed by atoms with Crippen molar-refractivity contribution in [3.63, 3.8) is 0 Å². The molecule has 1 aliphatic carbocycles. The van der Waals surface area contributed by atoms with Crippen molar-refractivity contribution in [2.75, 3.05) is 13.1 Å². The molecule has 0 spiro atoms. The number of amides is 1. The zero-order chi connectivity index (χ0) is 15.0. The maximum absolute atomic E-state index is 12.5. The van der Waals surface area contributed by atoms with Crippen molar-refractivity contribution in [2.24, 2.45) is 17.6 Å². The summed E-state index contributed by atoms with van der Waals surface area (Å²) in [5, 5.41) is 0. The Balaban J connectivity index is 1.58. The molecule has 1 saturated heterocycles. The lowest BCUT2D eigenvalue weighted by molar-refractivity contribution is -0.130. The smallest absolute Gasteiger partial charge is 0.223 e. The van der Waals surface area contributed by atoms with Crippen molar-refractivity contribution >= 4 is 21.8 Å². The van der Waals surface area contributed by atoms with Gasteiger partial charge in [0.2, 0.25) is 5.91 Å². The Labute approximate surface area is 135 Å². The van der Waals surface area contributed by atoms with Gasteiger partial charge in [-0.1, -0.05) is 35.0 Å². The number of rotatable bonds is 3. The molecule has 3 rings (SSSR count). The third-order valence-electron chi connectivity index (χ3n) is 5.18. The summed E-state index contributed by atoms with van der Waals surface area (Å²) in [6, 6.07) is 8.56. The molecular weight excluding hydrogens is 328 g/mol. The molecule has 1 saturated carbocycles. The number of nitrogens with two attached hydrogens (primary N) is 1. The summed E-state index contributed by atoms with van der Waals surface area (Å²) in [7, 11) is 0. The summed E-state index contributed by atoms with van der Waals surface area (Å²) in [5.74, 6) is 1.73. The van der Waals surface area contributed by atoms with Crippen LogP contribution < -0.4 is 5.73 Å². The summed E-state index contributed by atoms with van der Waals surface area (Å²) in [6.07, 6.45) is 2.92. The van der Waals surface area contributed by atoms with Crippen LogP contribution in [0, 0.1) is 11.8 Å². The quantitative estimate of drug-likeness (QED) is 0.909. The monoisotopic (exact) mass is 350 g/mol. The van der Waals surface area contributed by atoms with E-state index in [9.17, 15) is 4.79 Å². The first kappa shape index (κ1) is 15.0. The number of benzene rings is 1. The maximum atomic E-state index is 12.5. The van der Waals surface area contributed by atoms with Crippen LogP contribution in [0.2, 0.25) is 0 Å². The van der Waals surface area contributed by atoms with Gasteiger partial charge in [0.05, 0.1) is 0 Å². The second-order valence-electron chi connectivity index (χ2n) is 6.62. The van der Waals surface area contributed by atoms with Gasteiger partial charge < -0.3 is 10.6 Å². The van der Waals surface area contributed by atoms with E-state index in [1.165, 1.54) is 12.0 Å². The second-order valence-corrected chi connectivity index (χ2v) is 7.54. The predicted octanol–water partition coefficient (Wildman–Crippen LogP) is 3.14. The Kier molecular flexibility index (Phi) is 4.36. The predicted molar refractivity (Wildman–Crippen MR) is 87.9 cm³/mol. The molecule has 0 aromatic heterocycles. The fourth-order valence-corrected chi connectivity index (χ4v) is 4.08. The van der Waals surface area contributed by atoms with Crippen molar-refractivity contribution in [2.45, 2.75) is 38.1 Å². The molecule has 3 nitrogen and oxygen atoms in total. The minimum Gasteiger partial charge on any atom is -0.342 e. The summed E-state index contributed by atoms with van der Waals surface area (Å²) in [4.78, 5) is 14.6. The average Bonchev–Trinajstić information content (AvgIpc) is 3.02. The third kappa shape index (κ3) is 3.16. The summed E-state index contributed by atoms with van der Waals surface area (Å²) >= 11 is 3.45. The number of likely N-dealkylation sites (tertiary alicyclic amines) is 1. The normalized spacial score (nSPS) is 29.5. The molecule has 4 atom stereocenters. The van der Waals surface area contributed by atoms with Crippen LogP contribution in [0.4, 0.5) is 0 Å². The van der Waals surface area contributed by atoms with Crippen LogP contribution in [0.1, 0.15) is 37.7 Å². The topological polar surface area (TPSA) is 46.3 Å². The summed E-state index contributed by atoms with van der Waals surface area (Å²) in [5.41, 5.74) is 7.37. The van der Waals surface area contributed by atoms with Gasteiger partial charge in [0.1, 0.15) is 0 Å². The molecule has 0 bridgehead atoms. The average molecular weight is 351 g/mol. The van der Waals surface area contributed by atoms with Crippen LogP contribution >= 0.6 is 15.9 Å². The molecule has 1 heterocycles.